The third kappa shape index (κ3) is 3.11. The Bertz CT molecular complexity index is 855. The molecule has 0 atom stereocenters. The molecule has 0 spiro atoms. The number of benzene rings is 1. The monoisotopic (exact) mass is 335 g/mol. The van der Waals surface area contributed by atoms with Crippen molar-refractivity contribution in [2.75, 3.05) is 7.11 Å². The van der Waals surface area contributed by atoms with Crippen molar-refractivity contribution in [3.63, 3.8) is 0 Å². The summed E-state index contributed by atoms with van der Waals surface area (Å²) in [5.74, 6) is -0.268. The largest absolute Gasteiger partial charge is 0.455 e. The van der Waals surface area contributed by atoms with Gasteiger partial charge in [0.2, 0.25) is 0 Å². The number of hydrogen-bond acceptors (Lipinski definition) is 6. The molecule has 0 amide bonds. The predicted octanol–water partition coefficient (Wildman–Crippen LogP) is 3.84. The van der Waals surface area contributed by atoms with Crippen molar-refractivity contribution in [2.45, 2.75) is 20.1 Å². The molecule has 3 rings (SSSR count). The van der Waals surface area contributed by atoms with E-state index < -0.39 is 5.97 Å². The predicted molar refractivity (Wildman–Crippen MR) is 82.9 cm³/mol. The number of carbonyl (C=O) groups excluding carboxylic acids is 1. The van der Waals surface area contributed by atoms with Gasteiger partial charge in [0.15, 0.2) is 0 Å². The summed E-state index contributed by atoms with van der Waals surface area (Å²) in [6.07, 6.45) is 0. The Morgan fingerprint density at radius 3 is 2.91 bits per heavy atom. The highest BCUT2D eigenvalue weighted by atomic mass is 32.1. The van der Waals surface area contributed by atoms with E-state index >= 15 is 0 Å². The van der Waals surface area contributed by atoms with E-state index in [0.717, 1.165) is 0 Å². The number of nitrogens with zero attached hydrogens (tertiary/aromatic N) is 1. The Labute approximate surface area is 135 Å². The maximum atomic E-state index is 14.1. The normalized spacial score (nSPS) is 11.1. The first-order chi connectivity index (χ1) is 11.1. The number of methoxy groups -OCH3 is 1. The second kappa shape index (κ2) is 6.47. The minimum Gasteiger partial charge on any atom is -0.455 e. The molecule has 3 aromatic rings. The molecule has 0 bridgehead atoms. The van der Waals surface area contributed by atoms with E-state index in [0.29, 0.717) is 32.0 Å². The molecule has 7 heteroatoms. The zero-order valence-corrected chi connectivity index (χ0v) is 13.4. The van der Waals surface area contributed by atoms with E-state index in [9.17, 15) is 9.18 Å². The lowest BCUT2D eigenvalue weighted by Crippen LogP contribution is -2.06. The minimum absolute atomic E-state index is 0.000672. The highest BCUT2D eigenvalue weighted by Crippen LogP contribution is 2.34. The van der Waals surface area contributed by atoms with Crippen LogP contribution in [0.5, 0.6) is 0 Å². The molecule has 0 aliphatic rings. The van der Waals surface area contributed by atoms with Crippen molar-refractivity contribution in [3.05, 3.63) is 52.0 Å². The SMILES string of the molecule is COCc1c(C(=O)OCc2cc(C)on2)sc2cccc(F)c12. The Kier molecular flexibility index (Phi) is 4.40. The van der Waals surface area contributed by atoms with Crippen LogP contribution in [0.3, 0.4) is 0 Å². The highest BCUT2D eigenvalue weighted by Gasteiger charge is 2.22. The Balaban J connectivity index is 1.90. The summed E-state index contributed by atoms with van der Waals surface area (Å²) in [4.78, 5) is 12.7. The third-order valence-corrected chi connectivity index (χ3v) is 4.44. The van der Waals surface area contributed by atoms with E-state index in [1.54, 1.807) is 25.1 Å². The number of aryl methyl sites for hydroxylation is 1. The van der Waals surface area contributed by atoms with Gasteiger partial charge in [0, 0.05) is 28.8 Å². The Morgan fingerprint density at radius 1 is 1.39 bits per heavy atom. The second-order valence-electron chi connectivity index (χ2n) is 4.96. The quantitative estimate of drug-likeness (QED) is 0.663. The van der Waals surface area contributed by atoms with Gasteiger partial charge in [-0.25, -0.2) is 9.18 Å². The van der Waals surface area contributed by atoms with E-state index in [1.807, 2.05) is 0 Å². The van der Waals surface area contributed by atoms with Crippen LogP contribution in [0.25, 0.3) is 10.1 Å². The molecule has 0 saturated heterocycles. The molecule has 23 heavy (non-hydrogen) atoms. The number of thiophene rings is 1. The lowest BCUT2D eigenvalue weighted by Gasteiger charge is -2.04. The molecule has 2 heterocycles. The van der Waals surface area contributed by atoms with E-state index in [4.69, 9.17) is 14.0 Å². The van der Waals surface area contributed by atoms with Crippen LogP contribution < -0.4 is 0 Å². The van der Waals surface area contributed by atoms with Crippen LogP contribution >= 0.6 is 11.3 Å². The van der Waals surface area contributed by atoms with Crippen LogP contribution in [-0.4, -0.2) is 18.2 Å². The molecule has 5 nitrogen and oxygen atoms in total. The molecule has 0 aliphatic carbocycles. The van der Waals surface area contributed by atoms with E-state index in [1.165, 1.54) is 24.5 Å². The van der Waals surface area contributed by atoms with Gasteiger partial charge in [-0.3, -0.25) is 0 Å². The molecule has 120 valence electrons. The van der Waals surface area contributed by atoms with Crippen molar-refractivity contribution in [3.8, 4) is 0 Å². The Morgan fingerprint density at radius 2 is 2.22 bits per heavy atom. The standard InChI is InChI=1S/C16H14FNO4S/c1-9-6-10(18-22-9)7-21-16(19)15-11(8-20-2)14-12(17)4-3-5-13(14)23-15/h3-6H,7-8H2,1-2H3. The highest BCUT2D eigenvalue weighted by molar-refractivity contribution is 7.21. The summed E-state index contributed by atoms with van der Waals surface area (Å²) in [5.41, 5.74) is 1.03. The Hall–Kier alpha value is -2.25. The molecule has 0 radical (unpaired) electrons. The third-order valence-electron chi connectivity index (χ3n) is 3.27. The van der Waals surface area contributed by atoms with Crippen LogP contribution in [0.4, 0.5) is 4.39 Å². The molecule has 2 aromatic heterocycles. The van der Waals surface area contributed by atoms with E-state index in [-0.39, 0.29) is 19.0 Å². The first kappa shape index (κ1) is 15.6. The molecule has 0 saturated carbocycles. The number of esters is 1. The van der Waals surface area contributed by atoms with Crippen LogP contribution in [0.15, 0.2) is 28.8 Å². The van der Waals surface area contributed by atoms with Crippen molar-refractivity contribution >= 4 is 27.4 Å². The summed E-state index contributed by atoms with van der Waals surface area (Å²) in [7, 11) is 1.50. The number of fused-ring (bicyclic) bond motifs is 1. The summed E-state index contributed by atoms with van der Waals surface area (Å²) in [5, 5.41) is 4.17. The van der Waals surface area contributed by atoms with Crippen molar-refractivity contribution < 1.29 is 23.2 Å². The number of halogens is 1. The second-order valence-corrected chi connectivity index (χ2v) is 6.01. The molecular formula is C16H14FNO4S. The zero-order valence-electron chi connectivity index (χ0n) is 12.6. The number of aromatic nitrogens is 1. The maximum Gasteiger partial charge on any atom is 0.349 e. The van der Waals surface area contributed by atoms with Crippen LogP contribution in [-0.2, 0) is 22.7 Å². The van der Waals surface area contributed by atoms with Gasteiger partial charge < -0.3 is 14.0 Å². The molecule has 0 unspecified atom stereocenters. The fraction of sp³-hybridized carbons (Fsp3) is 0.250. The summed E-state index contributed by atoms with van der Waals surface area (Å²) in [6.45, 7) is 1.89. The van der Waals surface area contributed by atoms with Crippen molar-refractivity contribution in [1.29, 1.82) is 0 Å². The van der Waals surface area contributed by atoms with Crippen molar-refractivity contribution in [2.24, 2.45) is 0 Å². The minimum atomic E-state index is -0.529. The molecule has 0 aliphatic heterocycles. The average molecular weight is 335 g/mol. The fourth-order valence-electron chi connectivity index (χ4n) is 2.31. The average Bonchev–Trinajstić information content (AvgIpc) is 3.10. The smallest absolute Gasteiger partial charge is 0.349 e. The molecule has 0 fully saturated rings. The number of ether oxygens (including phenoxy) is 2. The zero-order chi connectivity index (χ0) is 16.4. The van der Waals surface area contributed by atoms with Gasteiger partial charge in [-0.1, -0.05) is 11.2 Å². The van der Waals surface area contributed by atoms with Gasteiger partial charge in [-0.2, -0.15) is 0 Å². The number of rotatable bonds is 5. The lowest BCUT2D eigenvalue weighted by atomic mass is 10.1. The summed E-state index contributed by atoms with van der Waals surface area (Å²) < 4.78 is 30.0. The van der Waals surface area contributed by atoms with Gasteiger partial charge in [-0.05, 0) is 19.1 Å². The van der Waals surface area contributed by atoms with Crippen LogP contribution in [0.2, 0.25) is 0 Å². The first-order valence-corrected chi connectivity index (χ1v) is 7.70. The topological polar surface area (TPSA) is 61.6 Å². The van der Waals surface area contributed by atoms with Gasteiger partial charge >= 0.3 is 5.97 Å². The number of hydrogen-bond donors (Lipinski definition) is 0. The lowest BCUT2D eigenvalue weighted by molar-refractivity contribution is 0.0466. The summed E-state index contributed by atoms with van der Waals surface area (Å²) in [6, 6.07) is 6.42. The summed E-state index contributed by atoms with van der Waals surface area (Å²) >= 11 is 1.19. The maximum absolute atomic E-state index is 14.1. The van der Waals surface area contributed by atoms with Gasteiger partial charge in [0.05, 0.1) is 6.61 Å². The van der Waals surface area contributed by atoms with E-state index in [2.05, 4.69) is 5.16 Å². The van der Waals surface area contributed by atoms with Gasteiger partial charge in [-0.15, -0.1) is 11.3 Å². The van der Waals surface area contributed by atoms with Gasteiger partial charge in [0.1, 0.15) is 28.8 Å². The van der Waals surface area contributed by atoms with Crippen LogP contribution in [0, 0.1) is 12.7 Å². The molecular weight excluding hydrogens is 321 g/mol. The molecule has 1 aromatic carbocycles. The number of carbonyl (C=O) groups is 1. The first-order valence-electron chi connectivity index (χ1n) is 6.88. The molecule has 0 N–H and O–H groups in total. The van der Waals surface area contributed by atoms with Gasteiger partial charge in [0.25, 0.3) is 0 Å². The fourth-order valence-corrected chi connectivity index (χ4v) is 3.42. The van der Waals surface area contributed by atoms with Crippen molar-refractivity contribution in [1.82, 2.24) is 5.16 Å². The van der Waals surface area contributed by atoms with Crippen LogP contribution in [0.1, 0.15) is 26.7 Å².